The first kappa shape index (κ1) is 22.7. The molecule has 1 aromatic carbocycles. The first-order valence-electron chi connectivity index (χ1n) is 12.1. The summed E-state index contributed by atoms with van der Waals surface area (Å²) in [5.41, 5.74) is 10.3. The van der Waals surface area contributed by atoms with Gasteiger partial charge in [0.25, 0.3) is 0 Å². The summed E-state index contributed by atoms with van der Waals surface area (Å²) in [6.07, 6.45) is 7.08. The average molecular weight is 465 g/mol. The van der Waals surface area contributed by atoms with E-state index in [1.807, 2.05) is 19.1 Å². The maximum Gasteiger partial charge on any atom is 0.204 e. The molecular weight excluding hydrogens is 431 g/mol. The highest BCUT2D eigenvalue weighted by molar-refractivity contribution is 5.65. The van der Waals surface area contributed by atoms with E-state index in [9.17, 15) is 4.39 Å². The number of aromatic nitrogens is 3. The van der Waals surface area contributed by atoms with Crippen molar-refractivity contribution >= 4 is 11.6 Å². The summed E-state index contributed by atoms with van der Waals surface area (Å²) < 4.78 is 21.8. The summed E-state index contributed by atoms with van der Waals surface area (Å²) in [6.45, 7) is 8.02. The number of anilines is 2. The van der Waals surface area contributed by atoms with Gasteiger partial charge in [0, 0.05) is 44.0 Å². The van der Waals surface area contributed by atoms with Gasteiger partial charge in [-0.25, -0.2) is 14.4 Å². The van der Waals surface area contributed by atoms with Crippen molar-refractivity contribution in [2.24, 2.45) is 0 Å². The minimum absolute atomic E-state index is 0.158. The van der Waals surface area contributed by atoms with Crippen molar-refractivity contribution in [3.05, 3.63) is 53.9 Å². The van der Waals surface area contributed by atoms with E-state index in [-0.39, 0.29) is 5.82 Å². The van der Waals surface area contributed by atoms with Crippen LogP contribution in [0.15, 0.2) is 36.8 Å². The lowest BCUT2D eigenvalue weighted by molar-refractivity contribution is 0.174. The molecule has 0 bridgehead atoms. The molecule has 0 spiro atoms. The predicted molar refractivity (Wildman–Crippen MR) is 133 cm³/mol. The van der Waals surface area contributed by atoms with Crippen LogP contribution in [0, 0.1) is 12.7 Å². The smallest absolute Gasteiger partial charge is 0.204 e. The molecule has 0 aliphatic carbocycles. The van der Waals surface area contributed by atoms with Crippen LogP contribution in [0.4, 0.5) is 16.0 Å². The highest BCUT2D eigenvalue weighted by atomic mass is 19.1. The minimum atomic E-state index is -0.158. The fourth-order valence-electron chi connectivity index (χ4n) is 5.09. The van der Waals surface area contributed by atoms with Crippen LogP contribution in [0.2, 0.25) is 0 Å². The number of nitrogens with two attached hydrogens (primary N) is 1. The van der Waals surface area contributed by atoms with Crippen LogP contribution < -0.4 is 15.4 Å². The van der Waals surface area contributed by atoms with Crippen LogP contribution in [-0.2, 0) is 6.54 Å². The van der Waals surface area contributed by atoms with Crippen molar-refractivity contribution in [1.82, 2.24) is 19.4 Å². The first-order valence-corrected chi connectivity index (χ1v) is 12.1. The number of rotatable bonds is 7. The Bertz CT molecular complexity index is 1150. The van der Waals surface area contributed by atoms with E-state index in [4.69, 9.17) is 10.5 Å². The number of nitrogens with zero attached hydrogens (tertiary/aromatic N) is 5. The molecule has 0 atom stereocenters. The Morgan fingerprint density at radius 2 is 1.85 bits per heavy atom. The van der Waals surface area contributed by atoms with Gasteiger partial charge >= 0.3 is 0 Å². The normalized spacial score (nSPS) is 17.1. The van der Waals surface area contributed by atoms with E-state index in [0.717, 1.165) is 56.0 Å². The standard InChI is InChI=1S/C26H33FN6O/c1-18-14-20(4-5-22(18)27)21-15-23(33(16-21)13-12-31-8-3-9-31)19-6-10-32(11-7-19)26-24(34-2)25(28)29-17-30-26/h4-5,14-17,19H,3,6-13H2,1-2H3,(H2,28,29,30). The summed E-state index contributed by atoms with van der Waals surface area (Å²) in [5.74, 6) is 1.98. The van der Waals surface area contributed by atoms with E-state index < -0.39 is 0 Å². The Labute approximate surface area is 200 Å². The Balaban J connectivity index is 1.37. The second kappa shape index (κ2) is 9.62. The van der Waals surface area contributed by atoms with Gasteiger partial charge in [-0.3, -0.25) is 0 Å². The molecule has 7 nitrogen and oxygen atoms in total. The largest absolute Gasteiger partial charge is 0.490 e. The number of nitrogen functional groups attached to an aromatic ring is 1. The predicted octanol–water partition coefficient (Wildman–Crippen LogP) is 4.07. The molecule has 2 saturated heterocycles. The number of methoxy groups -OCH3 is 1. The molecule has 3 aromatic rings. The van der Waals surface area contributed by atoms with Crippen LogP contribution in [0.25, 0.3) is 11.1 Å². The summed E-state index contributed by atoms with van der Waals surface area (Å²) in [7, 11) is 1.61. The van der Waals surface area contributed by atoms with Crippen molar-refractivity contribution in [2.45, 2.75) is 38.6 Å². The zero-order chi connectivity index (χ0) is 23.7. The molecule has 0 unspecified atom stereocenters. The van der Waals surface area contributed by atoms with Gasteiger partial charge < -0.3 is 24.8 Å². The Hall–Kier alpha value is -3.13. The SMILES string of the molecule is COc1c(N)ncnc1N1CCC(c2cc(-c3ccc(F)c(C)c3)cn2CCN2CCC2)CC1. The topological polar surface area (TPSA) is 72.4 Å². The molecule has 8 heteroatoms. The lowest BCUT2D eigenvalue weighted by Gasteiger charge is -2.34. The number of aryl methyl sites for hydroxylation is 1. The molecule has 5 rings (SSSR count). The molecule has 180 valence electrons. The molecular formula is C26H33FN6O. The van der Waals surface area contributed by atoms with Crippen molar-refractivity contribution in [2.75, 3.05) is 50.5 Å². The van der Waals surface area contributed by atoms with E-state index in [0.29, 0.717) is 23.0 Å². The highest BCUT2D eigenvalue weighted by Crippen LogP contribution is 2.37. The maximum absolute atomic E-state index is 13.9. The number of hydrogen-bond donors (Lipinski definition) is 1. The molecule has 0 amide bonds. The quantitative estimate of drug-likeness (QED) is 0.568. The third-order valence-corrected chi connectivity index (χ3v) is 7.26. The number of likely N-dealkylation sites (tertiary alicyclic amines) is 1. The Kier molecular flexibility index (Phi) is 6.41. The van der Waals surface area contributed by atoms with Crippen LogP contribution in [0.1, 0.15) is 36.4 Å². The van der Waals surface area contributed by atoms with E-state index in [1.54, 1.807) is 13.2 Å². The molecule has 2 fully saturated rings. The number of halogens is 1. The second-order valence-electron chi connectivity index (χ2n) is 9.38. The van der Waals surface area contributed by atoms with Crippen LogP contribution in [0.5, 0.6) is 5.75 Å². The number of piperidine rings is 1. The van der Waals surface area contributed by atoms with Gasteiger partial charge in [-0.2, -0.15) is 0 Å². The lowest BCUT2D eigenvalue weighted by Crippen LogP contribution is -2.39. The molecule has 2 N–H and O–H groups in total. The van der Waals surface area contributed by atoms with Crippen LogP contribution >= 0.6 is 0 Å². The molecule has 2 aliphatic rings. The van der Waals surface area contributed by atoms with E-state index in [1.165, 1.54) is 31.5 Å². The minimum Gasteiger partial charge on any atom is -0.490 e. The van der Waals surface area contributed by atoms with Crippen molar-refractivity contribution < 1.29 is 9.13 Å². The van der Waals surface area contributed by atoms with Gasteiger partial charge in [-0.15, -0.1) is 0 Å². The van der Waals surface area contributed by atoms with E-state index in [2.05, 4.69) is 36.6 Å². The van der Waals surface area contributed by atoms with Crippen molar-refractivity contribution in [1.29, 1.82) is 0 Å². The number of benzene rings is 1. The van der Waals surface area contributed by atoms with Crippen LogP contribution in [0.3, 0.4) is 0 Å². The van der Waals surface area contributed by atoms with Gasteiger partial charge in [0.05, 0.1) is 7.11 Å². The second-order valence-corrected chi connectivity index (χ2v) is 9.38. The van der Waals surface area contributed by atoms with Gasteiger partial charge in [0.2, 0.25) is 5.75 Å². The Morgan fingerprint density at radius 1 is 1.06 bits per heavy atom. The summed E-state index contributed by atoms with van der Waals surface area (Å²) >= 11 is 0. The average Bonchev–Trinajstić information content (AvgIpc) is 3.24. The third-order valence-electron chi connectivity index (χ3n) is 7.26. The molecule has 4 heterocycles. The summed E-state index contributed by atoms with van der Waals surface area (Å²) in [6, 6.07) is 7.71. The van der Waals surface area contributed by atoms with Gasteiger partial charge in [-0.05, 0) is 74.2 Å². The number of ether oxygens (including phenoxy) is 1. The molecule has 2 aromatic heterocycles. The molecule has 34 heavy (non-hydrogen) atoms. The monoisotopic (exact) mass is 464 g/mol. The van der Waals surface area contributed by atoms with Crippen molar-refractivity contribution in [3.63, 3.8) is 0 Å². The molecule has 0 saturated carbocycles. The van der Waals surface area contributed by atoms with Gasteiger partial charge in [0.1, 0.15) is 12.1 Å². The maximum atomic E-state index is 13.9. The zero-order valence-corrected chi connectivity index (χ0v) is 20.0. The van der Waals surface area contributed by atoms with Crippen molar-refractivity contribution in [3.8, 4) is 16.9 Å². The fraction of sp³-hybridized carbons (Fsp3) is 0.462. The van der Waals surface area contributed by atoms with Gasteiger partial charge in [-0.1, -0.05) is 6.07 Å². The third kappa shape index (κ3) is 4.46. The Morgan fingerprint density at radius 3 is 2.53 bits per heavy atom. The van der Waals surface area contributed by atoms with Gasteiger partial charge in [0.15, 0.2) is 11.6 Å². The summed E-state index contributed by atoms with van der Waals surface area (Å²) in [4.78, 5) is 13.2. The fourth-order valence-corrected chi connectivity index (χ4v) is 5.09. The lowest BCUT2D eigenvalue weighted by atomic mass is 9.92. The zero-order valence-electron chi connectivity index (χ0n) is 20.0. The number of hydrogen-bond acceptors (Lipinski definition) is 6. The highest BCUT2D eigenvalue weighted by Gasteiger charge is 2.27. The first-order chi connectivity index (χ1) is 16.5. The summed E-state index contributed by atoms with van der Waals surface area (Å²) in [5, 5.41) is 0. The molecule has 0 radical (unpaired) electrons. The van der Waals surface area contributed by atoms with Crippen LogP contribution in [-0.4, -0.2) is 59.3 Å². The molecule has 2 aliphatic heterocycles. The van der Waals surface area contributed by atoms with E-state index >= 15 is 0 Å².